The van der Waals surface area contributed by atoms with Crippen LogP contribution in [0.4, 0.5) is 0 Å². The second-order valence-electron chi connectivity index (χ2n) is 6.26. The number of allylic oxidation sites excluding steroid dienone is 2. The number of carbonyl (C=O) groups excluding carboxylic acids is 2. The Kier molecular flexibility index (Phi) is 3.24. The molecule has 3 heteroatoms. The third-order valence-electron chi connectivity index (χ3n) is 4.59. The van der Waals surface area contributed by atoms with Crippen LogP contribution in [0.25, 0.3) is 11.3 Å². The molecule has 118 valence electrons. The molecule has 0 N–H and O–H groups in total. The van der Waals surface area contributed by atoms with Crippen molar-refractivity contribution in [1.82, 2.24) is 0 Å². The summed E-state index contributed by atoms with van der Waals surface area (Å²) >= 11 is 0. The van der Waals surface area contributed by atoms with Crippen LogP contribution >= 0.6 is 0 Å². The zero-order valence-electron chi connectivity index (χ0n) is 13.6. The number of ketones is 2. The second kappa shape index (κ2) is 5.31. The van der Waals surface area contributed by atoms with Crippen molar-refractivity contribution < 1.29 is 14.3 Å². The Hall–Kier alpha value is -2.94. The van der Waals surface area contributed by atoms with Gasteiger partial charge in [0.2, 0.25) is 11.6 Å². The summed E-state index contributed by atoms with van der Waals surface area (Å²) in [6.45, 7) is 3.60. The Bertz CT molecular complexity index is 947. The molecule has 24 heavy (non-hydrogen) atoms. The third-order valence-corrected chi connectivity index (χ3v) is 4.59. The van der Waals surface area contributed by atoms with Crippen molar-refractivity contribution in [3.8, 4) is 0 Å². The van der Waals surface area contributed by atoms with Gasteiger partial charge < -0.3 is 4.74 Å². The van der Waals surface area contributed by atoms with Gasteiger partial charge in [0.25, 0.3) is 0 Å². The molecule has 4 rings (SSSR count). The minimum atomic E-state index is -0.478. The highest BCUT2D eigenvalue weighted by Gasteiger charge is 2.35. The minimum Gasteiger partial charge on any atom is -0.464 e. The summed E-state index contributed by atoms with van der Waals surface area (Å²) in [5, 5.41) is 0. The number of ether oxygens (including phenoxy) is 1. The van der Waals surface area contributed by atoms with Crippen molar-refractivity contribution in [3.05, 3.63) is 82.1 Å². The Labute approximate surface area is 140 Å². The van der Waals surface area contributed by atoms with Gasteiger partial charge in [-0.1, -0.05) is 36.4 Å². The Morgan fingerprint density at radius 3 is 2.33 bits per heavy atom. The highest BCUT2D eigenvalue weighted by atomic mass is 16.5. The van der Waals surface area contributed by atoms with Crippen molar-refractivity contribution in [1.29, 1.82) is 0 Å². The first-order valence-corrected chi connectivity index (χ1v) is 7.91. The maximum absolute atomic E-state index is 12.5. The molecule has 2 aromatic rings. The molecule has 1 aliphatic carbocycles. The molecule has 0 atom stereocenters. The smallest absolute Gasteiger partial charge is 0.234 e. The number of Topliss-reactive ketones (excluding diaryl/α,β-unsaturated/α-hetero) is 2. The highest BCUT2D eigenvalue weighted by Crippen LogP contribution is 2.40. The molecule has 0 spiro atoms. The summed E-state index contributed by atoms with van der Waals surface area (Å²) in [4.78, 5) is 24.8. The van der Waals surface area contributed by atoms with Crippen LogP contribution in [0.3, 0.4) is 0 Å². The Balaban J connectivity index is 1.92. The summed E-state index contributed by atoms with van der Waals surface area (Å²) in [5.41, 5.74) is 5.71. The van der Waals surface area contributed by atoms with Gasteiger partial charge in [0, 0.05) is 16.7 Å². The number of benzene rings is 2. The van der Waals surface area contributed by atoms with Crippen LogP contribution in [0.15, 0.2) is 54.3 Å². The zero-order chi connectivity index (χ0) is 16.8. The van der Waals surface area contributed by atoms with Crippen LogP contribution in [0.1, 0.15) is 46.5 Å². The molecule has 0 radical (unpaired) electrons. The molecule has 2 aliphatic rings. The van der Waals surface area contributed by atoms with Crippen molar-refractivity contribution in [2.24, 2.45) is 0 Å². The molecular formula is C21H16O3. The molecule has 0 amide bonds. The summed E-state index contributed by atoms with van der Waals surface area (Å²) < 4.78 is 5.63. The van der Waals surface area contributed by atoms with Gasteiger partial charge >= 0.3 is 0 Å². The molecule has 2 aromatic carbocycles. The van der Waals surface area contributed by atoms with E-state index in [0.717, 1.165) is 28.7 Å². The van der Waals surface area contributed by atoms with E-state index in [1.807, 2.05) is 31.2 Å². The van der Waals surface area contributed by atoms with E-state index in [4.69, 9.17) is 4.74 Å². The lowest BCUT2D eigenvalue weighted by Crippen LogP contribution is -2.25. The average Bonchev–Trinajstić information content (AvgIpc) is 2.60. The largest absolute Gasteiger partial charge is 0.464 e. The monoisotopic (exact) mass is 316 g/mol. The van der Waals surface area contributed by atoms with E-state index in [1.165, 1.54) is 5.56 Å². The van der Waals surface area contributed by atoms with Gasteiger partial charge in [-0.05, 0) is 48.6 Å². The summed E-state index contributed by atoms with van der Waals surface area (Å²) in [5.74, 6) is -0.407. The molecule has 0 unspecified atom stereocenters. The van der Waals surface area contributed by atoms with Gasteiger partial charge in [-0.3, -0.25) is 9.59 Å². The SMILES string of the molecule is CC1=COC2=C(C)C(=O)C(=O)c3cc(Cc4ccccc4)cc1c32. The lowest BCUT2D eigenvalue weighted by atomic mass is 9.82. The second-order valence-corrected chi connectivity index (χ2v) is 6.26. The predicted octanol–water partition coefficient (Wildman–Crippen LogP) is 4.16. The van der Waals surface area contributed by atoms with E-state index in [9.17, 15) is 9.59 Å². The summed E-state index contributed by atoms with van der Waals surface area (Å²) in [7, 11) is 0. The molecule has 1 aliphatic heterocycles. The summed E-state index contributed by atoms with van der Waals surface area (Å²) in [6, 6.07) is 14.0. The average molecular weight is 316 g/mol. The first-order chi connectivity index (χ1) is 11.6. The van der Waals surface area contributed by atoms with E-state index < -0.39 is 11.6 Å². The molecule has 3 nitrogen and oxygen atoms in total. The first kappa shape index (κ1) is 14.6. The molecule has 0 bridgehead atoms. The molecule has 0 fully saturated rings. The normalized spacial score (nSPS) is 15.8. The van der Waals surface area contributed by atoms with Crippen LogP contribution in [0.5, 0.6) is 0 Å². The van der Waals surface area contributed by atoms with Crippen molar-refractivity contribution in [2.75, 3.05) is 0 Å². The summed E-state index contributed by atoms with van der Waals surface area (Å²) in [6.07, 6.45) is 2.37. The quantitative estimate of drug-likeness (QED) is 0.781. The number of hydrogen-bond acceptors (Lipinski definition) is 3. The van der Waals surface area contributed by atoms with Gasteiger partial charge in [0.15, 0.2) is 0 Å². The third kappa shape index (κ3) is 2.13. The van der Waals surface area contributed by atoms with Gasteiger partial charge in [-0.2, -0.15) is 0 Å². The molecular weight excluding hydrogens is 300 g/mol. The molecule has 0 saturated heterocycles. The Morgan fingerprint density at radius 2 is 1.58 bits per heavy atom. The number of hydrogen-bond donors (Lipinski definition) is 0. The van der Waals surface area contributed by atoms with E-state index in [2.05, 4.69) is 18.2 Å². The molecule has 0 saturated carbocycles. The van der Waals surface area contributed by atoms with Crippen LogP contribution in [0, 0.1) is 0 Å². The zero-order valence-corrected chi connectivity index (χ0v) is 13.6. The standard InChI is InChI=1S/C21H16O3/c1-12-11-24-21-13(2)19(22)20(23)17-10-15(9-16(12)18(17)21)8-14-6-4-3-5-7-14/h3-7,9-11H,8H2,1-2H3. The van der Waals surface area contributed by atoms with Crippen molar-refractivity contribution in [3.63, 3.8) is 0 Å². The maximum Gasteiger partial charge on any atom is 0.234 e. The fraction of sp³-hybridized carbons (Fsp3) is 0.143. The van der Waals surface area contributed by atoms with Gasteiger partial charge in [-0.15, -0.1) is 0 Å². The lowest BCUT2D eigenvalue weighted by Gasteiger charge is -2.26. The lowest BCUT2D eigenvalue weighted by molar-refractivity contribution is -0.111. The fourth-order valence-corrected chi connectivity index (χ4v) is 3.31. The van der Waals surface area contributed by atoms with Gasteiger partial charge in [0.1, 0.15) is 5.76 Å². The molecule has 0 aromatic heterocycles. The van der Waals surface area contributed by atoms with Crippen molar-refractivity contribution in [2.45, 2.75) is 20.3 Å². The maximum atomic E-state index is 12.5. The van der Waals surface area contributed by atoms with E-state index >= 15 is 0 Å². The number of carbonyl (C=O) groups is 2. The van der Waals surface area contributed by atoms with Crippen LogP contribution in [-0.2, 0) is 16.0 Å². The van der Waals surface area contributed by atoms with Crippen LogP contribution in [-0.4, -0.2) is 11.6 Å². The Morgan fingerprint density at radius 1 is 0.875 bits per heavy atom. The minimum absolute atomic E-state index is 0.383. The van der Waals surface area contributed by atoms with E-state index in [-0.39, 0.29) is 0 Å². The van der Waals surface area contributed by atoms with Crippen LogP contribution in [0.2, 0.25) is 0 Å². The van der Waals surface area contributed by atoms with E-state index in [1.54, 1.807) is 13.2 Å². The van der Waals surface area contributed by atoms with Crippen molar-refractivity contribution >= 4 is 22.9 Å². The number of rotatable bonds is 2. The van der Waals surface area contributed by atoms with Gasteiger partial charge in [0.05, 0.1) is 6.26 Å². The van der Waals surface area contributed by atoms with Crippen LogP contribution < -0.4 is 0 Å². The highest BCUT2D eigenvalue weighted by molar-refractivity contribution is 6.52. The van der Waals surface area contributed by atoms with Gasteiger partial charge in [-0.25, -0.2) is 0 Å². The predicted molar refractivity (Wildman–Crippen MR) is 92.4 cm³/mol. The van der Waals surface area contributed by atoms with E-state index in [0.29, 0.717) is 16.9 Å². The first-order valence-electron chi connectivity index (χ1n) is 7.91. The molecule has 1 heterocycles. The topological polar surface area (TPSA) is 43.4 Å². The fourth-order valence-electron chi connectivity index (χ4n) is 3.31.